The number of ether oxygens (including phenoxy) is 3. The van der Waals surface area contributed by atoms with Crippen molar-refractivity contribution in [1.82, 2.24) is 4.98 Å². The maximum Gasteiger partial charge on any atom is 0.350 e. The average molecular weight is 611 g/mol. The lowest BCUT2D eigenvalue weighted by Crippen LogP contribution is -2.29. The van der Waals surface area contributed by atoms with E-state index < -0.39 is 23.7 Å². The number of thiazole rings is 1. The second kappa shape index (κ2) is 13.4. The summed E-state index contributed by atoms with van der Waals surface area (Å²) in [6.45, 7) is 7.63. The van der Waals surface area contributed by atoms with Crippen LogP contribution in [0.25, 0.3) is 5.76 Å². The van der Waals surface area contributed by atoms with Gasteiger partial charge < -0.3 is 19.3 Å². The van der Waals surface area contributed by atoms with Gasteiger partial charge in [-0.15, -0.1) is 0 Å². The topological polar surface area (TPSA) is 115 Å². The fourth-order valence-corrected chi connectivity index (χ4v) is 5.69. The zero-order valence-corrected chi connectivity index (χ0v) is 25.0. The van der Waals surface area contributed by atoms with Gasteiger partial charge in [-0.2, -0.15) is 0 Å². The number of para-hydroxylation sites is 1. The summed E-state index contributed by atoms with van der Waals surface area (Å²) in [5.41, 5.74) is 0.994. The highest BCUT2D eigenvalue weighted by molar-refractivity contribution is 7.17. The van der Waals surface area contributed by atoms with Crippen molar-refractivity contribution in [1.29, 1.82) is 0 Å². The maximum atomic E-state index is 13.7. The molecule has 3 aromatic carbocycles. The van der Waals surface area contributed by atoms with E-state index in [1.54, 1.807) is 67.6 Å². The number of carbonyl (C=O) groups is 3. The quantitative estimate of drug-likeness (QED) is 0.0635. The van der Waals surface area contributed by atoms with Gasteiger partial charge in [-0.25, -0.2) is 9.78 Å². The van der Waals surface area contributed by atoms with Crippen LogP contribution in [0.15, 0.2) is 97.1 Å². The predicted octanol–water partition coefficient (Wildman–Crippen LogP) is 7.00. The molecule has 0 spiro atoms. The Bertz CT molecular complexity index is 1750. The molecule has 1 fully saturated rings. The van der Waals surface area contributed by atoms with E-state index in [9.17, 15) is 19.5 Å². The third-order valence-corrected chi connectivity index (χ3v) is 7.82. The molecule has 0 bridgehead atoms. The van der Waals surface area contributed by atoms with Crippen LogP contribution >= 0.6 is 11.3 Å². The maximum absolute atomic E-state index is 13.7. The van der Waals surface area contributed by atoms with Gasteiger partial charge >= 0.3 is 11.9 Å². The van der Waals surface area contributed by atoms with Gasteiger partial charge in [-0.05, 0) is 55.3 Å². The Kier molecular flexibility index (Phi) is 9.20. The lowest BCUT2D eigenvalue weighted by atomic mass is 9.95. The summed E-state index contributed by atoms with van der Waals surface area (Å²) in [7, 11) is 0. The van der Waals surface area contributed by atoms with Crippen molar-refractivity contribution in [2.45, 2.75) is 26.3 Å². The van der Waals surface area contributed by atoms with E-state index in [0.29, 0.717) is 40.7 Å². The van der Waals surface area contributed by atoms with Crippen molar-refractivity contribution in [2.24, 2.45) is 0 Å². The average Bonchev–Trinajstić information content (AvgIpc) is 3.55. The van der Waals surface area contributed by atoms with Crippen LogP contribution in [0.5, 0.6) is 17.2 Å². The van der Waals surface area contributed by atoms with Crippen LogP contribution in [0.2, 0.25) is 0 Å². The van der Waals surface area contributed by atoms with E-state index >= 15 is 0 Å². The zero-order chi connectivity index (χ0) is 31.2. The van der Waals surface area contributed by atoms with Crippen LogP contribution < -0.4 is 14.4 Å². The molecular formula is C34H30N2O7S. The van der Waals surface area contributed by atoms with Crippen molar-refractivity contribution in [3.63, 3.8) is 0 Å². The molecule has 4 aromatic rings. The summed E-state index contributed by atoms with van der Waals surface area (Å²) in [6.07, 6.45) is 2.24. The Balaban J connectivity index is 1.64. The van der Waals surface area contributed by atoms with Crippen molar-refractivity contribution >= 4 is 39.9 Å². The van der Waals surface area contributed by atoms with Gasteiger partial charge in [0.1, 0.15) is 34.5 Å². The molecule has 10 heteroatoms. The second-order valence-corrected chi connectivity index (χ2v) is 10.8. The standard InChI is InChI=1S/C34H30N2O7S/c1-4-17-41-25-15-10-12-23(20-25)29(37)27-28(22-11-9-16-26(19-22)43-24-13-7-6-8-14-24)36(32(39)30(27)38)34-35-21(3)31(44-34)33(40)42-18-5-2/h5-16,19-20,28,37H,2,4,17-18H2,1,3H3/b29-27+. The number of aliphatic hydroxyl groups is 1. The summed E-state index contributed by atoms with van der Waals surface area (Å²) in [6, 6.07) is 21.7. The molecule has 0 saturated carbocycles. The normalized spacial score (nSPS) is 15.7. The van der Waals surface area contributed by atoms with Crippen LogP contribution in [-0.4, -0.2) is 41.0 Å². The summed E-state index contributed by atoms with van der Waals surface area (Å²) in [5.74, 6) is -1.22. The first-order chi connectivity index (χ1) is 21.3. The van der Waals surface area contributed by atoms with Crippen LogP contribution in [0.4, 0.5) is 5.13 Å². The SMILES string of the molecule is C=CCOC(=O)c1sc(N2C(=O)C(=O)/C(=C(/O)c3cccc(OCCC)c3)C2c2cccc(Oc3ccccc3)c2)nc1C. The number of nitrogens with zero attached hydrogens (tertiary/aromatic N) is 2. The largest absolute Gasteiger partial charge is 0.507 e. The summed E-state index contributed by atoms with van der Waals surface area (Å²) < 4.78 is 16.9. The smallest absolute Gasteiger partial charge is 0.350 e. The fraction of sp³-hybridized carbons (Fsp3) is 0.176. The number of amides is 1. The molecule has 1 aliphatic heterocycles. The molecular weight excluding hydrogens is 580 g/mol. The number of benzene rings is 3. The number of hydrogen-bond donors (Lipinski definition) is 1. The number of aliphatic hydroxyl groups excluding tert-OH is 1. The van der Waals surface area contributed by atoms with Gasteiger partial charge in [0, 0.05) is 5.56 Å². The monoisotopic (exact) mass is 610 g/mol. The number of hydrogen-bond acceptors (Lipinski definition) is 9. The Morgan fingerprint density at radius 1 is 1.02 bits per heavy atom. The molecule has 1 N–H and O–H groups in total. The number of esters is 1. The molecule has 0 aliphatic carbocycles. The van der Waals surface area contributed by atoms with E-state index in [0.717, 1.165) is 17.8 Å². The molecule has 2 heterocycles. The highest BCUT2D eigenvalue weighted by atomic mass is 32.1. The highest BCUT2D eigenvalue weighted by Crippen LogP contribution is 2.45. The molecule has 224 valence electrons. The molecule has 1 aliphatic rings. The molecule has 5 rings (SSSR count). The first-order valence-electron chi connectivity index (χ1n) is 13.9. The van der Waals surface area contributed by atoms with Crippen molar-refractivity contribution in [3.8, 4) is 17.2 Å². The molecule has 9 nitrogen and oxygen atoms in total. The minimum atomic E-state index is -1.09. The van der Waals surface area contributed by atoms with Crippen molar-refractivity contribution in [2.75, 3.05) is 18.1 Å². The number of rotatable bonds is 11. The van der Waals surface area contributed by atoms with Crippen molar-refractivity contribution < 1.29 is 33.7 Å². The Hall–Kier alpha value is -5.22. The van der Waals surface area contributed by atoms with Gasteiger partial charge in [-0.1, -0.05) is 73.4 Å². The van der Waals surface area contributed by atoms with Crippen LogP contribution in [0, 0.1) is 6.92 Å². The fourth-order valence-electron chi connectivity index (χ4n) is 4.70. The third-order valence-electron chi connectivity index (χ3n) is 6.69. The minimum absolute atomic E-state index is 0.00522. The summed E-state index contributed by atoms with van der Waals surface area (Å²) in [4.78, 5) is 45.9. The number of anilines is 1. The molecule has 1 aromatic heterocycles. The third kappa shape index (κ3) is 6.25. The predicted molar refractivity (Wildman–Crippen MR) is 167 cm³/mol. The molecule has 44 heavy (non-hydrogen) atoms. The lowest BCUT2D eigenvalue weighted by molar-refractivity contribution is -0.132. The Labute approximate surface area is 258 Å². The number of carbonyl (C=O) groups excluding carboxylic acids is 3. The van der Waals surface area contributed by atoms with E-state index in [4.69, 9.17) is 14.2 Å². The molecule has 1 amide bonds. The van der Waals surface area contributed by atoms with Crippen molar-refractivity contribution in [3.05, 3.63) is 119 Å². The van der Waals surface area contributed by atoms with Gasteiger partial charge in [0.15, 0.2) is 5.13 Å². The number of ketones is 1. The van der Waals surface area contributed by atoms with E-state index in [2.05, 4.69) is 11.6 Å². The van der Waals surface area contributed by atoms with Crippen LogP contribution in [0.3, 0.4) is 0 Å². The number of aromatic nitrogens is 1. The lowest BCUT2D eigenvalue weighted by Gasteiger charge is -2.23. The zero-order valence-electron chi connectivity index (χ0n) is 24.2. The first-order valence-corrected chi connectivity index (χ1v) is 14.8. The molecule has 1 unspecified atom stereocenters. The van der Waals surface area contributed by atoms with E-state index in [1.165, 1.54) is 11.0 Å². The van der Waals surface area contributed by atoms with Gasteiger partial charge in [0.2, 0.25) is 0 Å². The van der Waals surface area contributed by atoms with Gasteiger partial charge in [-0.3, -0.25) is 14.5 Å². The van der Waals surface area contributed by atoms with Crippen LogP contribution in [-0.2, 0) is 14.3 Å². The minimum Gasteiger partial charge on any atom is -0.507 e. The van der Waals surface area contributed by atoms with Crippen LogP contribution in [0.1, 0.15) is 45.9 Å². The summed E-state index contributed by atoms with van der Waals surface area (Å²) in [5, 5.41) is 11.7. The Morgan fingerprint density at radius 2 is 1.75 bits per heavy atom. The van der Waals surface area contributed by atoms with E-state index in [1.807, 2.05) is 25.1 Å². The number of Topliss-reactive ketones (excluding diaryl/α,β-unsaturated/α-hetero) is 1. The summed E-state index contributed by atoms with van der Waals surface area (Å²) >= 11 is 0.925. The molecule has 1 saturated heterocycles. The molecule has 0 radical (unpaired) electrons. The molecule has 1 atom stereocenters. The van der Waals surface area contributed by atoms with Gasteiger partial charge in [0.25, 0.3) is 5.78 Å². The first kappa shape index (κ1) is 30.2. The second-order valence-electron chi connectivity index (χ2n) is 9.83. The van der Waals surface area contributed by atoms with Gasteiger partial charge in [0.05, 0.1) is 23.9 Å². The number of aryl methyl sites for hydroxylation is 1. The highest BCUT2D eigenvalue weighted by Gasteiger charge is 2.48. The van der Waals surface area contributed by atoms with E-state index in [-0.39, 0.29) is 27.9 Å². The Morgan fingerprint density at radius 3 is 2.50 bits per heavy atom.